The van der Waals surface area contributed by atoms with Gasteiger partial charge in [0.25, 0.3) is 0 Å². The molecule has 3 N–H and O–H groups in total. The third-order valence-corrected chi connectivity index (χ3v) is 3.26. The Kier molecular flexibility index (Phi) is 4.44. The van der Waals surface area contributed by atoms with Gasteiger partial charge in [0.1, 0.15) is 5.75 Å². The van der Waals surface area contributed by atoms with Crippen molar-refractivity contribution < 1.29 is 14.6 Å². The van der Waals surface area contributed by atoms with Crippen molar-refractivity contribution in [1.82, 2.24) is 0 Å². The van der Waals surface area contributed by atoms with Gasteiger partial charge in [0.15, 0.2) is 11.5 Å². The zero-order valence-corrected chi connectivity index (χ0v) is 11.2. The third-order valence-electron chi connectivity index (χ3n) is 2.47. The van der Waals surface area contributed by atoms with Crippen molar-refractivity contribution in [2.75, 3.05) is 20.8 Å². The summed E-state index contributed by atoms with van der Waals surface area (Å²) in [7, 11) is 3.08. The maximum atomic E-state index is 9.90. The van der Waals surface area contributed by atoms with Crippen LogP contribution in [0.3, 0.4) is 0 Å². The Balaban J connectivity index is 3.40. The van der Waals surface area contributed by atoms with Crippen molar-refractivity contribution in [3.05, 3.63) is 16.1 Å². The Hall–Kier alpha value is -0.940. The molecule has 0 aliphatic rings. The summed E-state index contributed by atoms with van der Waals surface area (Å²) in [5.41, 5.74) is 6.34. The second-order valence-electron chi connectivity index (χ2n) is 3.50. The molecular formula is C11H16BrNO3. The van der Waals surface area contributed by atoms with Crippen LogP contribution in [0.25, 0.3) is 0 Å². The van der Waals surface area contributed by atoms with Gasteiger partial charge in [-0.25, -0.2) is 0 Å². The SMILES string of the molecule is COc1cc(O)c(C(C)CN)c(Br)c1OC. The van der Waals surface area contributed by atoms with E-state index in [0.717, 1.165) is 5.56 Å². The van der Waals surface area contributed by atoms with E-state index in [1.165, 1.54) is 13.2 Å². The van der Waals surface area contributed by atoms with Gasteiger partial charge in [-0.1, -0.05) is 6.92 Å². The fraction of sp³-hybridized carbons (Fsp3) is 0.455. The normalized spacial score (nSPS) is 12.3. The van der Waals surface area contributed by atoms with E-state index >= 15 is 0 Å². The molecule has 1 rings (SSSR count). The average molecular weight is 290 g/mol. The van der Waals surface area contributed by atoms with Crippen LogP contribution in [-0.4, -0.2) is 25.9 Å². The minimum Gasteiger partial charge on any atom is -0.507 e. The lowest BCUT2D eigenvalue weighted by Crippen LogP contribution is -2.10. The highest BCUT2D eigenvalue weighted by Crippen LogP contribution is 2.45. The monoisotopic (exact) mass is 289 g/mol. The van der Waals surface area contributed by atoms with Crippen LogP contribution in [0, 0.1) is 0 Å². The van der Waals surface area contributed by atoms with Gasteiger partial charge < -0.3 is 20.3 Å². The number of hydrogen-bond donors (Lipinski definition) is 2. The van der Waals surface area contributed by atoms with Crippen LogP contribution in [0.5, 0.6) is 17.2 Å². The number of hydrogen-bond acceptors (Lipinski definition) is 4. The Morgan fingerprint density at radius 2 is 2.06 bits per heavy atom. The maximum absolute atomic E-state index is 9.90. The first-order valence-corrected chi connectivity index (χ1v) is 5.69. The minimum atomic E-state index is 0.0363. The second-order valence-corrected chi connectivity index (χ2v) is 4.29. The molecule has 0 radical (unpaired) electrons. The van der Waals surface area contributed by atoms with Gasteiger partial charge in [0, 0.05) is 11.6 Å². The van der Waals surface area contributed by atoms with E-state index in [1.54, 1.807) is 7.11 Å². The Morgan fingerprint density at radius 3 is 2.50 bits per heavy atom. The average Bonchev–Trinajstić information content (AvgIpc) is 2.27. The summed E-state index contributed by atoms with van der Waals surface area (Å²) in [6.45, 7) is 2.38. The molecule has 1 atom stereocenters. The summed E-state index contributed by atoms with van der Waals surface area (Å²) in [5.74, 6) is 1.24. The molecular weight excluding hydrogens is 274 g/mol. The molecule has 0 saturated heterocycles. The van der Waals surface area contributed by atoms with E-state index in [-0.39, 0.29) is 11.7 Å². The predicted molar refractivity (Wildman–Crippen MR) is 66.4 cm³/mol. The quantitative estimate of drug-likeness (QED) is 0.892. The highest BCUT2D eigenvalue weighted by atomic mass is 79.9. The van der Waals surface area contributed by atoms with E-state index in [4.69, 9.17) is 15.2 Å². The van der Waals surface area contributed by atoms with E-state index in [2.05, 4.69) is 15.9 Å². The predicted octanol–water partition coefficient (Wildman–Crippen LogP) is 2.23. The largest absolute Gasteiger partial charge is 0.507 e. The van der Waals surface area contributed by atoms with Crippen molar-refractivity contribution >= 4 is 15.9 Å². The summed E-state index contributed by atoms with van der Waals surface area (Å²) < 4.78 is 11.0. The molecule has 0 spiro atoms. The van der Waals surface area contributed by atoms with E-state index in [1.807, 2.05) is 6.92 Å². The molecule has 0 fully saturated rings. The van der Waals surface area contributed by atoms with Crippen LogP contribution < -0.4 is 15.2 Å². The molecule has 0 amide bonds. The third kappa shape index (κ3) is 2.25. The Bertz CT molecular complexity index is 382. The first-order chi connectivity index (χ1) is 7.56. The summed E-state index contributed by atoms with van der Waals surface area (Å²) in [4.78, 5) is 0. The number of ether oxygens (including phenoxy) is 2. The summed E-state index contributed by atoms with van der Waals surface area (Å²) >= 11 is 3.40. The van der Waals surface area contributed by atoms with Gasteiger partial charge >= 0.3 is 0 Å². The number of halogens is 1. The molecule has 4 nitrogen and oxygen atoms in total. The lowest BCUT2D eigenvalue weighted by atomic mass is 9.99. The van der Waals surface area contributed by atoms with Gasteiger partial charge in [-0.2, -0.15) is 0 Å². The highest BCUT2D eigenvalue weighted by molar-refractivity contribution is 9.10. The van der Waals surface area contributed by atoms with Crippen LogP contribution in [0.15, 0.2) is 10.5 Å². The molecule has 1 unspecified atom stereocenters. The molecule has 0 aliphatic heterocycles. The first-order valence-electron chi connectivity index (χ1n) is 4.90. The van der Waals surface area contributed by atoms with Crippen LogP contribution in [0.2, 0.25) is 0 Å². The van der Waals surface area contributed by atoms with Gasteiger partial charge in [0.05, 0.1) is 18.7 Å². The van der Waals surface area contributed by atoms with Crippen LogP contribution in [0.1, 0.15) is 18.4 Å². The zero-order valence-electron chi connectivity index (χ0n) is 9.58. The second kappa shape index (κ2) is 5.41. The van der Waals surface area contributed by atoms with Crippen molar-refractivity contribution in [3.8, 4) is 17.2 Å². The Morgan fingerprint density at radius 1 is 1.44 bits per heavy atom. The lowest BCUT2D eigenvalue weighted by Gasteiger charge is -2.18. The van der Waals surface area contributed by atoms with Gasteiger partial charge in [0.2, 0.25) is 0 Å². The lowest BCUT2D eigenvalue weighted by molar-refractivity contribution is 0.347. The highest BCUT2D eigenvalue weighted by Gasteiger charge is 2.20. The van der Waals surface area contributed by atoms with Crippen LogP contribution in [-0.2, 0) is 0 Å². The maximum Gasteiger partial charge on any atom is 0.175 e. The number of phenols is 1. The summed E-state index contributed by atoms with van der Waals surface area (Å²) in [6, 6.07) is 1.53. The van der Waals surface area contributed by atoms with Crippen molar-refractivity contribution in [2.24, 2.45) is 5.73 Å². The standard InChI is InChI=1S/C11H16BrNO3/c1-6(5-13)9-7(14)4-8(15-2)11(16-3)10(9)12/h4,6,14H,5,13H2,1-3H3. The van der Waals surface area contributed by atoms with Crippen LogP contribution >= 0.6 is 15.9 Å². The molecule has 5 heteroatoms. The number of rotatable bonds is 4. The number of nitrogens with two attached hydrogens (primary N) is 1. The number of phenolic OH excluding ortho intramolecular Hbond substituents is 1. The van der Waals surface area contributed by atoms with Crippen LogP contribution in [0.4, 0.5) is 0 Å². The van der Waals surface area contributed by atoms with E-state index in [9.17, 15) is 5.11 Å². The Labute approximate surface area is 103 Å². The summed E-state index contributed by atoms with van der Waals surface area (Å²) in [6.07, 6.45) is 0. The van der Waals surface area contributed by atoms with Crippen molar-refractivity contribution in [3.63, 3.8) is 0 Å². The fourth-order valence-electron chi connectivity index (χ4n) is 1.54. The molecule has 1 aromatic rings. The minimum absolute atomic E-state index is 0.0363. The fourth-order valence-corrected chi connectivity index (χ4v) is 2.49. The molecule has 0 bridgehead atoms. The summed E-state index contributed by atoms with van der Waals surface area (Å²) in [5, 5.41) is 9.90. The van der Waals surface area contributed by atoms with E-state index in [0.29, 0.717) is 22.5 Å². The number of benzene rings is 1. The molecule has 1 aromatic carbocycles. The topological polar surface area (TPSA) is 64.7 Å². The zero-order chi connectivity index (χ0) is 12.3. The van der Waals surface area contributed by atoms with Crippen molar-refractivity contribution in [2.45, 2.75) is 12.8 Å². The number of methoxy groups -OCH3 is 2. The van der Waals surface area contributed by atoms with Gasteiger partial charge in [-0.3, -0.25) is 0 Å². The molecule has 90 valence electrons. The molecule has 16 heavy (non-hydrogen) atoms. The van der Waals surface area contributed by atoms with Gasteiger partial charge in [-0.05, 0) is 28.4 Å². The first kappa shape index (κ1) is 13.1. The molecule has 0 aromatic heterocycles. The molecule has 0 heterocycles. The van der Waals surface area contributed by atoms with E-state index < -0.39 is 0 Å². The smallest absolute Gasteiger partial charge is 0.175 e. The molecule has 0 saturated carbocycles. The van der Waals surface area contributed by atoms with Gasteiger partial charge in [-0.15, -0.1) is 0 Å². The molecule has 0 aliphatic carbocycles. The number of aromatic hydroxyl groups is 1. The van der Waals surface area contributed by atoms with Crippen molar-refractivity contribution in [1.29, 1.82) is 0 Å².